The van der Waals surface area contributed by atoms with E-state index < -0.39 is 17.7 Å². The first-order valence-corrected chi connectivity index (χ1v) is 6.27. The van der Waals surface area contributed by atoms with E-state index in [2.05, 4.69) is 15.1 Å². The van der Waals surface area contributed by atoms with Crippen LogP contribution in [-0.4, -0.2) is 19.7 Å². The van der Waals surface area contributed by atoms with Crippen LogP contribution in [0.4, 0.5) is 17.6 Å². The number of H-pyrrole nitrogens is 1. The summed E-state index contributed by atoms with van der Waals surface area (Å²) >= 11 is 0. The molecule has 0 aliphatic rings. The van der Waals surface area contributed by atoms with Crippen LogP contribution in [0.1, 0.15) is 5.69 Å². The van der Waals surface area contributed by atoms with Gasteiger partial charge >= 0.3 is 6.18 Å². The summed E-state index contributed by atoms with van der Waals surface area (Å²) in [6.45, 7) is 0. The monoisotopic (exact) mass is 310 g/mol. The molecule has 0 aromatic carbocycles. The maximum atomic E-state index is 13.0. The highest BCUT2D eigenvalue weighted by molar-refractivity contribution is 5.80. The van der Waals surface area contributed by atoms with Crippen molar-refractivity contribution in [1.29, 1.82) is 0 Å². The minimum absolute atomic E-state index is 0.0262. The first-order chi connectivity index (χ1) is 10.4. The van der Waals surface area contributed by atoms with Gasteiger partial charge in [-0.2, -0.15) is 18.3 Å². The number of rotatable bonds is 2. The predicted molar refractivity (Wildman–Crippen MR) is 71.2 cm³/mol. The van der Waals surface area contributed by atoms with E-state index in [-0.39, 0.29) is 16.8 Å². The first-order valence-electron chi connectivity index (χ1n) is 6.27. The molecule has 0 aliphatic carbocycles. The molecule has 0 fully saturated rings. The van der Waals surface area contributed by atoms with Gasteiger partial charge in [0.25, 0.3) is 0 Å². The summed E-state index contributed by atoms with van der Waals surface area (Å²) in [5.74, 6) is -0.529. The summed E-state index contributed by atoms with van der Waals surface area (Å²) in [5, 5.41) is 4.14. The van der Waals surface area contributed by atoms with Crippen LogP contribution >= 0.6 is 0 Å². The number of aromatic amines is 1. The summed E-state index contributed by atoms with van der Waals surface area (Å²) in [6.07, 6.45) is -0.830. The molecular weight excluding hydrogens is 300 g/mol. The van der Waals surface area contributed by atoms with Crippen molar-refractivity contribution in [3.05, 3.63) is 48.3 Å². The zero-order valence-electron chi connectivity index (χ0n) is 11.3. The second-order valence-corrected chi connectivity index (χ2v) is 4.69. The first kappa shape index (κ1) is 14.3. The van der Waals surface area contributed by atoms with Crippen LogP contribution in [0.15, 0.2) is 36.8 Å². The molecule has 0 aliphatic heterocycles. The molecule has 8 heteroatoms. The third kappa shape index (κ3) is 2.47. The number of halogens is 4. The van der Waals surface area contributed by atoms with Crippen molar-refractivity contribution in [3.63, 3.8) is 0 Å². The van der Waals surface area contributed by atoms with Crippen LogP contribution in [0.25, 0.3) is 22.5 Å². The number of nitrogens with one attached hydrogen (secondary N) is 1. The van der Waals surface area contributed by atoms with Crippen molar-refractivity contribution in [3.8, 4) is 22.5 Å². The maximum Gasteiger partial charge on any atom is 0.431 e. The van der Waals surface area contributed by atoms with Gasteiger partial charge in [-0.1, -0.05) is 0 Å². The fourth-order valence-electron chi connectivity index (χ4n) is 2.22. The van der Waals surface area contributed by atoms with Gasteiger partial charge in [0.05, 0.1) is 11.9 Å². The van der Waals surface area contributed by atoms with Crippen molar-refractivity contribution < 1.29 is 17.6 Å². The molecule has 0 spiro atoms. The minimum Gasteiger partial charge on any atom is -0.357 e. The van der Waals surface area contributed by atoms with Gasteiger partial charge in [-0.15, -0.1) is 0 Å². The van der Waals surface area contributed by atoms with E-state index in [1.165, 1.54) is 35.3 Å². The number of pyridine rings is 1. The van der Waals surface area contributed by atoms with Gasteiger partial charge in [-0.25, -0.2) is 4.39 Å². The molecule has 1 N–H and O–H groups in total. The lowest BCUT2D eigenvalue weighted by atomic mass is 10.0. The van der Waals surface area contributed by atoms with E-state index in [4.69, 9.17) is 0 Å². The Kier molecular flexibility index (Phi) is 3.23. The number of hydrogen-bond acceptors (Lipinski definition) is 2. The molecule has 0 unspecified atom stereocenters. The van der Waals surface area contributed by atoms with Crippen LogP contribution in [0, 0.1) is 5.82 Å². The average molecular weight is 310 g/mol. The van der Waals surface area contributed by atoms with Crippen LogP contribution in [0.2, 0.25) is 0 Å². The number of aromatic nitrogens is 4. The normalized spacial score (nSPS) is 11.9. The molecule has 22 heavy (non-hydrogen) atoms. The Bertz CT molecular complexity index is 799. The molecule has 3 rings (SSSR count). The number of hydrogen-bond donors (Lipinski definition) is 1. The number of alkyl halides is 3. The molecule has 0 saturated heterocycles. The SMILES string of the molecule is Cn1cc(-c2cc[nH]c2C(F)(F)F)c(-c2ccc(F)cn2)n1. The second kappa shape index (κ2) is 4.97. The summed E-state index contributed by atoms with van der Waals surface area (Å²) < 4.78 is 53.5. The highest BCUT2D eigenvalue weighted by Gasteiger charge is 2.36. The van der Waals surface area contributed by atoms with Crippen molar-refractivity contribution in [2.75, 3.05) is 0 Å². The summed E-state index contributed by atoms with van der Waals surface area (Å²) in [7, 11) is 1.59. The quantitative estimate of drug-likeness (QED) is 0.735. The molecular formula is C14H10F4N4. The average Bonchev–Trinajstić information content (AvgIpc) is 3.05. The molecule has 0 bridgehead atoms. The number of aryl methyl sites for hydroxylation is 1. The third-order valence-electron chi connectivity index (χ3n) is 3.12. The highest BCUT2D eigenvalue weighted by atomic mass is 19.4. The van der Waals surface area contributed by atoms with Gasteiger partial charge < -0.3 is 4.98 Å². The standard InChI is InChI=1S/C14H10F4N4/c1-22-7-10(9-4-5-19-13(9)14(16,17)18)12(21-22)11-3-2-8(15)6-20-11/h2-7,19H,1H3. The topological polar surface area (TPSA) is 46.5 Å². The van der Waals surface area contributed by atoms with Gasteiger partial charge in [0.2, 0.25) is 0 Å². The number of nitrogens with zero attached hydrogens (tertiary/aromatic N) is 3. The van der Waals surface area contributed by atoms with Crippen LogP contribution < -0.4 is 0 Å². The van der Waals surface area contributed by atoms with Gasteiger partial charge in [0, 0.05) is 30.6 Å². The van der Waals surface area contributed by atoms with E-state index in [1.807, 2.05) is 0 Å². The van der Waals surface area contributed by atoms with Crippen LogP contribution in [0.3, 0.4) is 0 Å². The van der Waals surface area contributed by atoms with Crippen LogP contribution in [-0.2, 0) is 13.2 Å². The van der Waals surface area contributed by atoms with E-state index >= 15 is 0 Å². The van der Waals surface area contributed by atoms with Crippen molar-refractivity contribution in [2.24, 2.45) is 7.05 Å². The highest BCUT2D eigenvalue weighted by Crippen LogP contribution is 2.39. The smallest absolute Gasteiger partial charge is 0.357 e. The fourth-order valence-corrected chi connectivity index (χ4v) is 2.22. The second-order valence-electron chi connectivity index (χ2n) is 4.69. The zero-order valence-corrected chi connectivity index (χ0v) is 11.3. The van der Waals surface area contributed by atoms with E-state index in [0.717, 1.165) is 6.20 Å². The fraction of sp³-hybridized carbons (Fsp3) is 0.143. The Morgan fingerprint density at radius 2 is 1.91 bits per heavy atom. The van der Waals surface area contributed by atoms with Gasteiger partial charge in [0.1, 0.15) is 17.2 Å². The lowest BCUT2D eigenvalue weighted by molar-refractivity contribution is -0.140. The molecule has 3 heterocycles. The molecule has 0 saturated carbocycles. The molecule has 0 amide bonds. The summed E-state index contributed by atoms with van der Waals surface area (Å²) in [6, 6.07) is 3.89. The lowest BCUT2D eigenvalue weighted by Crippen LogP contribution is -2.07. The molecule has 0 radical (unpaired) electrons. The Morgan fingerprint density at radius 3 is 2.55 bits per heavy atom. The largest absolute Gasteiger partial charge is 0.431 e. The van der Waals surface area contributed by atoms with E-state index in [0.29, 0.717) is 5.69 Å². The minimum atomic E-state index is -4.51. The Morgan fingerprint density at radius 1 is 1.14 bits per heavy atom. The van der Waals surface area contributed by atoms with Crippen LogP contribution in [0.5, 0.6) is 0 Å². The molecule has 114 valence electrons. The maximum absolute atomic E-state index is 13.0. The third-order valence-corrected chi connectivity index (χ3v) is 3.12. The van der Waals surface area contributed by atoms with Crippen molar-refractivity contribution >= 4 is 0 Å². The summed E-state index contributed by atoms with van der Waals surface area (Å²) in [5.41, 5.74) is -0.0558. The van der Waals surface area contributed by atoms with E-state index in [9.17, 15) is 17.6 Å². The molecule has 3 aromatic rings. The van der Waals surface area contributed by atoms with Gasteiger partial charge in [-0.05, 0) is 18.2 Å². The van der Waals surface area contributed by atoms with Crippen molar-refractivity contribution in [1.82, 2.24) is 19.7 Å². The van der Waals surface area contributed by atoms with E-state index in [1.54, 1.807) is 7.05 Å². The zero-order chi connectivity index (χ0) is 15.9. The van der Waals surface area contributed by atoms with Gasteiger partial charge in [-0.3, -0.25) is 9.67 Å². The summed E-state index contributed by atoms with van der Waals surface area (Å²) in [4.78, 5) is 6.08. The van der Waals surface area contributed by atoms with Crippen molar-refractivity contribution in [2.45, 2.75) is 6.18 Å². The molecule has 3 aromatic heterocycles. The van der Waals surface area contributed by atoms with Gasteiger partial charge in [0.15, 0.2) is 0 Å². The Hall–Kier alpha value is -2.64. The lowest BCUT2D eigenvalue weighted by Gasteiger charge is -2.08. The molecule has 4 nitrogen and oxygen atoms in total. The molecule has 0 atom stereocenters. The Labute approximate surface area is 122 Å². The Balaban J connectivity index is 2.17. The predicted octanol–water partition coefficient (Wildman–Crippen LogP) is 3.64.